The lowest BCUT2D eigenvalue weighted by Crippen LogP contribution is -2.59. The minimum absolute atomic E-state index is 0.0896. The van der Waals surface area contributed by atoms with E-state index in [1.54, 1.807) is 0 Å². The van der Waals surface area contributed by atoms with Crippen molar-refractivity contribution in [2.75, 3.05) is 26.2 Å². The second-order valence-corrected chi connectivity index (χ2v) is 9.11. The van der Waals surface area contributed by atoms with Gasteiger partial charge in [0, 0.05) is 26.1 Å². The fourth-order valence-corrected chi connectivity index (χ4v) is 5.30. The number of amides is 1. The lowest BCUT2D eigenvalue weighted by Gasteiger charge is -2.44. The molecule has 1 aliphatic carbocycles. The van der Waals surface area contributed by atoms with E-state index in [9.17, 15) is 4.79 Å². The number of nitrogens with zero attached hydrogens (tertiary/aromatic N) is 4. The maximum Gasteiger partial charge on any atom is 0.241 e. The topological polar surface area (TPSA) is 75.1 Å². The van der Waals surface area contributed by atoms with Crippen molar-refractivity contribution in [2.24, 2.45) is 5.92 Å². The molecule has 0 aromatic carbocycles. The summed E-state index contributed by atoms with van der Waals surface area (Å²) in [4.78, 5) is 16.2. The van der Waals surface area contributed by atoms with Crippen LogP contribution < -0.4 is 10.6 Å². The third kappa shape index (κ3) is 3.71. The van der Waals surface area contributed by atoms with Gasteiger partial charge in [0.1, 0.15) is 11.4 Å². The Bertz CT molecular complexity index is 672. The number of nitrogens with one attached hydrogen (secondary N) is 2. The maximum atomic E-state index is 13.7. The molecule has 1 aromatic heterocycles. The third-order valence-corrected chi connectivity index (χ3v) is 6.94. The summed E-state index contributed by atoms with van der Waals surface area (Å²) in [6.07, 6.45) is 8.87. The van der Waals surface area contributed by atoms with Gasteiger partial charge in [-0.15, -0.1) is 10.2 Å². The van der Waals surface area contributed by atoms with Crippen LogP contribution in [-0.2, 0) is 17.8 Å². The zero-order valence-electron chi connectivity index (χ0n) is 17.5. The molecule has 7 heteroatoms. The molecule has 3 aliphatic rings. The first-order chi connectivity index (χ1) is 13.6. The quantitative estimate of drug-likeness (QED) is 0.807. The van der Waals surface area contributed by atoms with Gasteiger partial charge in [-0.25, -0.2) is 0 Å². The van der Waals surface area contributed by atoms with Crippen molar-refractivity contribution in [3.63, 3.8) is 0 Å². The van der Waals surface area contributed by atoms with Crippen LogP contribution in [-0.4, -0.2) is 57.3 Å². The SMILES string of the molecule is CC(C)[C@H](NC(=O)C1(N2CCCC2)CCCCC1)c1nnc2n1CCNCC2. The molecule has 3 heterocycles. The molecule has 1 atom stereocenters. The minimum atomic E-state index is -0.314. The Labute approximate surface area is 168 Å². The van der Waals surface area contributed by atoms with Gasteiger partial charge in [-0.05, 0) is 44.7 Å². The normalized spacial score (nSPS) is 24.0. The Morgan fingerprint density at radius 1 is 1.04 bits per heavy atom. The monoisotopic (exact) mass is 388 g/mol. The predicted molar refractivity (Wildman–Crippen MR) is 109 cm³/mol. The number of aromatic nitrogens is 3. The number of carbonyl (C=O) groups is 1. The number of hydrogen-bond acceptors (Lipinski definition) is 5. The summed E-state index contributed by atoms with van der Waals surface area (Å²) in [7, 11) is 0. The molecule has 0 bridgehead atoms. The van der Waals surface area contributed by atoms with Gasteiger partial charge in [-0.1, -0.05) is 33.1 Å². The maximum absolute atomic E-state index is 13.7. The standard InChI is InChI=1S/C21H36N6O/c1-16(2)18(19-25-24-17-8-11-22-12-15-27(17)19)23-20(28)21(9-4-3-5-10-21)26-13-6-7-14-26/h16,18,22H,3-15H2,1-2H3,(H,23,28)/t18-/m0/s1. The van der Waals surface area contributed by atoms with Crippen LogP contribution in [0, 0.1) is 5.92 Å². The number of hydrogen-bond donors (Lipinski definition) is 2. The van der Waals surface area contributed by atoms with Gasteiger partial charge in [0.25, 0.3) is 0 Å². The van der Waals surface area contributed by atoms with Crippen molar-refractivity contribution in [3.05, 3.63) is 11.6 Å². The third-order valence-electron chi connectivity index (χ3n) is 6.94. The average Bonchev–Trinajstić information content (AvgIpc) is 3.32. The van der Waals surface area contributed by atoms with E-state index < -0.39 is 0 Å². The van der Waals surface area contributed by atoms with E-state index in [1.165, 1.54) is 19.3 Å². The Kier molecular flexibility index (Phi) is 6.01. The molecular formula is C21H36N6O. The number of rotatable bonds is 5. The molecule has 2 aliphatic heterocycles. The summed E-state index contributed by atoms with van der Waals surface area (Å²) in [5.41, 5.74) is -0.314. The molecule has 2 fully saturated rings. The first-order valence-corrected chi connectivity index (χ1v) is 11.3. The molecule has 0 radical (unpaired) electrons. The van der Waals surface area contributed by atoms with Crippen LogP contribution in [0.3, 0.4) is 0 Å². The number of likely N-dealkylation sites (tertiary alicyclic amines) is 1. The fourth-order valence-electron chi connectivity index (χ4n) is 5.30. The molecule has 7 nitrogen and oxygen atoms in total. The summed E-state index contributed by atoms with van der Waals surface area (Å²) in [5.74, 6) is 2.45. The molecule has 0 unspecified atom stereocenters. The minimum Gasteiger partial charge on any atom is -0.344 e. The van der Waals surface area contributed by atoms with Crippen molar-refractivity contribution in [1.29, 1.82) is 0 Å². The Hall–Kier alpha value is -1.47. The van der Waals surface area contributed by atoms with Crippen LogP contribution in [0.5, 0.6) is 0 Å². The van der Waals surface area contributed by atoms with Crippen LogP contribution in [0.4, 0.5) is 0 Å². The van der Waals surface area contributed by atoms with Crippen molar-refractivity contribution in [2.45, 2.75) is 83.3 Å². The first-order valence-electron chi connectivity index (χ1n) is 11.3. The van der Waals surface area contributed by atoms with E-state index in [2.05, 4.69) is 44.1 Å². The highest BCUT2D eigenvalue weighted by atomic mass is 16.2. The molecule has 1 amide bonds. The van der Waals surface area contributed by atoms with Crippen LogP contribution in [0.25, 0.3) is 0 Å². The van der Waals surface area contributed by atoms with E-state index in [4.69, 9.17) is 0 Å². The second kappa shape index (κ2) is 8.49. The molecule has 28 heavy (non-hydrogen) atoms. The van der Waals surface area contributed by atoms with E-state index in [1.807, 2.05) is 0 Å². The smallest absolute Gasteiger partial charge is 0.241 e. The van der Waals surface area contributed by atoms with Gasteiger partial charge < -0.3 is 15.2 Å². The van der Waals surface area contributed by atoms with E-state index >= 15 is 0 Å². The average molecular weight is 389 g/mol. The lowest BCUT2D eigenvalue weighted by molar-refractivity contribution is -0.136. The molecule has 4 rings (SSSR count). The molecule has 1 saturated heterocycles. The molecular weight excluding hydrogens is 352 g/mol. The van der Waals surface area contributed by atoms with Crippen molar-refractivity contribution in [1.82, 2.24) is 30.3 Å². The highest BCUT2D eigenvalue weighted by Crippen LogP contribution is 2.37. The van der Waals surface area contributed by atoms with Gasteiger partial charge in [-0.3, -0.25) is 9.69 Å². The molecule has 0 spiro atoms. The van der Waals surface area contributed by atoms with Crippen LogP contribution in [0.15, 0.2) is 0 Å². The van der Waals surface area contributed by atoms with E-state index in [0.717, 1.165) is 76.5 Å². The summed E-state index contributed by atoms with van der Waals surface area (Å²) >= 11 is 0. The number of carbonyl (C=O) groups excluding carboxylic acids is 1. The fraction of sp³-hybridized carbons (Fsp3) is 0.857. The Morgan fingerprint density at radius 2 is 1.79 bits per heavy atom. The molecule has 2 N–H and O–H groups in total. The van der Waals surface area contributed by atoms with Crippen LogP contribution in [0.2, 0.25) is 0 Å². The lowest BCUT2D eigenvalue weighted by atomic mass is 9.79. The van der Waals surface area contributed by atoms with Gasteiger partial charge >= 0.3 is 0 Å². The van der Waals surface area contributed by atoms with Crippen molar-refractivity contribution < 1.29 is 4.79 Å². The van der Waals surface area contributed by atoms with Crippen LogP contribution in [0.1, 0.15) is 76.5 Å². The summed E-state index contributed by atoms with van der Waals surface area (Å²) in [6, 6.07) is -0.0896. The van der Waals surface area contributed by atoms with Gasteiger partial charge in [0.15, 0.2) is 5.82 Å². The summed E-state index contributed by atoms with van der Waals surface area (Å²) in [5, 5.41) is 15.9. The largest absolute Gasteiger partial charge is 0.344 e. The van der Waals surface area contributed by atoms with Gasteiger partial charge in [0.2, 0.25) is 5.91 Å². The molecule has 156 valence electrons. The highest BCUT2D eigenvalue weighted by Gasteiger charge is 2.46. The summed E-state index contributed by atoms with van der Waals surface area (Å²) in [6.45, 7) is 9.20. The zero-order chi connectivity index (χ0) is 19.6. The molecule has 1 saturated carbocycles. The zero-order valence-corrected chi connectivity index (χ0v) is 17.5. The van der Waals surface area contributed by atoms with E-state index in [-0.39, 0.29) is 23.4 Å². The van der Waals surface area contributed by atoms with Crippen molar-refractivity contribution >= 4 is 5.91 Å². The predicted octanol–water partition coefficient (Wildman–Crippen LogP) is 2.04. The van der Waals surface area contributed by atoms with Crippen molar-refractivity contribution in [3.8, 4) is 0 Å². The first kappa shape index (κ1) is 19.8. The number of fused-ring (bicyclic) bond motifs is 1. The van der Waals surface area contributed by atoms with Crippen LogP contribution >= 0.6 is 0 Å². The van der Waals surface area contributed by atoms with E-state index in [0.29, 0.717) is 0 Å². The summed E-state index contributed by atoms with van der Waals surface area (Å²) < 4.78 is 2.23. The van der Waals surface area contributed by atoms with Gasteiger partial charge in [0.05, 0.1) is 6.04 Å². The Balaban J connectivity index is 1.59. The highest BCUT2D eigenvalue weighted by molar-refractivity contribution is 5.86. The second-order valence-electron chi connectivity index (χ2n) is 9.11. The molecule has 1 aromatic rings. The van der Waals surface area contributed by atoms with Gasteiger partial charge in [-0.2, -0.15) is 0 Å². The Morgan fingerprint density at radius 3 is 2.50 bits per heavy atom.